The van der Waals surface area contributed by atoms with E-state index in [9.17, 15) is 24.6 Å². The van der Waals surface area contributed by atoms with E-state index >= 15 is 0 Å². The number of pyridine rings is 1. The third-order valence-corrected chi connectivity index (χ3v) is 13.2. The van der Waals surface area contributed by atoms with Crippen LogP contribution < -0.4 is 0 Å². The fourth-order valence-electron chi connectivity index (χ4n) is 8.89. The van der Waals surface area contributed by atoms with Gasteiger partial charge < -0.3 is 43.6 Å². The molecule has 0 radical (unpaired) electrons. The highest BCUT2D eigenvalue weighted by Gasteiger charge is 2.53. The topological polar surface area (TPSA) is 188 Å². The first kappa shape index (κ1) is 47.6. The Morgan fingerprint density at radius 2 is 1.80 bits per heavy atom. The molecule has 3 saturated heterocycles. The summed E-state index contributed by atoms with van der Waals surface area (Å²) in [5, 5.41) is 28.6. The molecule has 0 saturated carbocycles. The van der Waals surface area contributed by atoms with Gasteiger partial charge >= 0.3 is 5.97 Å². The molecule has 5 rings (SSSR count). The number of thiophene rings is 1. The van der Waals surface area contributed by atoms with Crippen molar-refractivity contribution < 1.29 is 53.1 Å². The lowest BCUT2D eigenvalue weighted by atomic mass is 9.73. The predicted molar refractivity (Wildman–Crippen MR) is 226 cm³/mol. The fourth-order valence-corrected chi connectivity index (χ4v) is 9.79. The molecule has 0 aromatic carbocycles. The van der Waals surface area contributed by atoms with Gasteiger partial charge in [-0.05, 0) is 91.2 Å². The molecular weight excluding hydrogens is 793 g/mol. The number of carbonyl (C=O) groups excluding carboxylic acids is 3. The number of hydrogen-bond acceptors (Lipinski definition) is 15. The van der Waals surface area contributed by atoms with E-state index in [1.807, 2.05) is 70.1 Å². The van der Waals surface area contributed by atoms with Crippen LogP contribution in [-0.2, 0) is 49.5 Å². The first-order valence-electron chi connectivity index (χ1n) is 20.9. The van der Waals surface area contributed by atoms with Crippen molar-refractivity contribution in [3.63, 3.8) is 0 Å². The van der Waals surface area contributed by atoms with E-state index in [1.54, 1.807) is 27.0 Å². The number of nitrogens with zero attached hydrogens (tertiary/aromatic N) is 4. The largest absolute Gasteiger partial charge is 0.459 e. The third kappa shape index (κ3) is 10.9. The SMILES string of the molecule is CC[C@H]1OC(=O)[C@H](C)C(=O)[C@H](C)[C@@H](O[C@@H]2O[C@H](C)C[C@H](N(C)C)[C@H]2O)[C@@]2(C)C[C@@H](C)C(=NC(C)=O)[C@H](C)[C@H](OC/C(=N\OCc3ccc(-c4ccccn4)s3)CO2)[C@]1(C)O. The zero-order chi connectivity index (χ0) is 44.1. The van der Waals surface area contributed by atoms with Crippen LogP contribution in [0.2, 0.25) is 0 Å². The zero-order valence-corrected chi connectivity index (χ0v) is 37.6. The number of ketones is 1. The molecule has 3 aliphatic heterocycles. The van der Waals surface area contributed by atoms with Gasteiger partial charge in [0.05, 0.1) is 47.7 Å². The van der Waals surface area contributed by atoms with Crippen molar-refractivity contribution >= 4 is 40.4 Å². The van der Waals surface area contributed by atoms with Crippen LogP contribution in [0.1, 0.15) is 86.5 Å². The lowest BCUT2D eigenvalue weighted by Crippen LogP contribution is -2.60. The maximum Gasteiger partial charge on any atom is 0.316 e. The van der Waals surface area contributed by atoms with Gasteiger partial charge in [0.15, 0.2) is 18.7 Å². The summed E-state index contributed by atoms with van der Waals surface area (Å²) in [5.41, 5.74) is -1.66. The Hall–Kier alpha value is -3.48. The molecule has 60 heavy (non-hydrogen) atoms. The number of aliphatic hydroxyl groups is 2. The maximum atomic E-state index is 14.5. The number of oxime groups is 1. The average Bonchev–Trinajstić information content (AvgIpc) is 3.67. The van der Waals surface area contributed by atoms with E-state index in [4.69, 9.17) is 28.5 Å². The van der Waals surface area contributed by atoms with E-state index in [0.29, 0.717) is 17.8 Å². The van der Waals surface area contributed by atoms with Crippen molar-refractivity contribution in [3.8, 4) is 10.6 Å². The molecule has 0 spiro atoms. The lowest BCUT2D eigenvalue weighted by Gasteiger charge is -2.47. The van der Waals surface area contributed by atoms with Crippen molar-refractivity contribution in [2.75, 3.05) is 27.3 Å². The van der Waals surface area contributed by atoms with Crippen LogP contribution in [0, 0.1) is 23.7 Å². The molecule has 3 fully saturated rings. The average molecular weight is 857 g/mol. The van der Waals surface area contributed by atoms with Crippen LogP contribution in [-0.4, -0.2) is 131 Å². The summed E-state index contributed by atoms with van der Waals surface area (Å²) < 4.78 is 32.5. The second-order valence-electron chi connectivity index (χ2n) is 17.3. The van der Waals surface area contributed by atoms with Crippen molar-refractivity contribution in [1.82, 2.24) is 9.88 Å². The summed E-state index contributed by atoms with van der Waals surface area (Å²) in [6.07, 6.45) is -3.33. The molecule has 16 heteroatoms. The van der Waals surface area contributed by atoms with Crippen molar-refractivity contribution in [2.24, 2.45) is 33.8 Å². The van der Waals surface area contributed by atoms with Crippen molar-refractivity contribution in [1.29, 1.82) is 0 Å². The number of ether oxygens (including phenoxy) is 5. The lowest BCUT2D eigenvalue weighted by molar-refractivity contribution is -0.296. The Kier molecular flexibility index (Phi) is 16.0. The summed E-state index contributed by atoms with van der Waals surface area (Å²) in [4.78, 5) is 59.9. The number of Topliss-reactive ketones (excluding diaryl/α,β-unsaturated/α-hetero) is 1. The number of hydrogen-bond donors (Lipinski definition) is 2. The number of cyclic esters (lactones) is 1. The van der Waals surface area contributed by atoms with Crippen LogP contribution in [0.25, 0.3) is 10.6 Å². The molecule has 0 aliphatic carbocycles. The summed E-state index contributed by atoms with van der Waals surface area (Å²) >= 11 is 1.52. The summed E-state index contributed by atoms with van der Waals surface area (Å²) in [5.74, 6) is -5.28. The van der Waals surface area contributed by atoms with E-state index in [1.165, 1.54) is 32.1 Å². The Bertz CT molecular complexity index is 1850. The minimum atomic E-state index is -1.84. The second kappa shape index (κ2) is 20.1. The minimum absolute atomic E-state index is 0.132. The zero-order valence-electron chi connectivity index (χ0n) is 36.8. The molecule has 332 valence electrons. The highest BCUT2D eigenvalue weighted by molar-refractivity contribution is 7.15. The van der Waals surface area contributed by atoms with Crippen molar-refractivity contribution in [3.05, 3.63) is 41.4 Å². The summed E-state index contributed by atoms with van der Waals surface area (Å²) in [6.45, 7) is 15.0. The van der Waals surface area contributed by atoms with Crippen molar-refractivity contribution in [2.45, 2.75) is 142 Å². The van der Waals surface area contributed by atoms with E-state index in [0.717, 1.165) is 15.4 Å². The highest BCUT2D eigenvalue weighted by atomic mass is 32.1. The number of amides is 1. The third-order valence-electron chi connectivity index (χ3n) is 12.1. The standard InChI is InChI=1S/C44H64N4O11S/c1-12-35-44(9,53)40-26(4)36(46-29(7)49)24(2)20-43(8,55-22-30(21-54-40)47-56-23-31-16-17-34(60-31)32-15-13-14-18-45-32)39(27(5)37(50)28(6)41(52)58-35)59-42-38(51)33(48(10)11)19-25(3)57-42/h13-18,24-28,33,35,38-40,42,51,53H,12,19-23H2,1-11H3/b46-36?,47-30+/t24-,25-,26+,27+,28-,33+,35-,38-,39-,40+,42+,43-,44-/m1/s1. The first-order valence-corrected chi connectivity index (χ1v) is 21.7. The monoisotopic (exact) mass is 856 g/mol. The van der Waals surface area contributed by atoms with Gasteiger partial charge in [-0.3, -0.25) is 19.4 Å². The van der Waals surface area contributed by atoms with Crippen LogP contribution in [0.3, 0.4) is 0 Å². The van der Waals surface area contributed by atoms with Crippen LogP contribution in [0.5, 0.6) is 0 Å². The molecule has 5 heterocycles. The maximum absolute atomic E-state index is 14.5. The van der Waals surface area contributed by atoms with Gasteiger partial charge in [-0.15, -0.1) is 11.3 Å². The molecule has 13 atom stereocenters. The Morgan fingerprint density at radius 3 is 2.45 bits per heavy atom. The normalized spacial score (nSPS) is 37.6. The summed E-state index contributed by atoms with van der Waals surface area (Å²) in [6, 6.07) is 9.32. The minimum Gasteiger partial charge on any atom is -0.459 e. The van der Waals surface area contributed by atoms with Gasteiger partial charge in [0.2, 0.25) is 5.91 Å². The van der Waals surface area contributed by atoms with Gasteiger partial charge in [0.1, 0.15) is 29.4 Å². The highest BCUT2D eigenvalue weighted by Crippen LogP contribution is 2.40. The number of esters is 1. The van der Waals surface area contributed by atoms with Crippen LogP contribution in [0.15, 0.2) is 46.7 Å². The van der Waals surface area contributed by atoms with E-state index < -0.39 is 83.2 Å². The Labute approximate surface area is 357 Å². The van der Waals surface area contributed by atoms with Gasteiger partial charge in [0, 0.05) is 41.6 Å². The fraction of sp³-hybridized carbons (Fsp3) is 0.682. The molecule has 0 unspecified atom stereocenters. The van der Waals surface area contributed by atoms with Crippen LogP contribution >= 0.6 is 11.3 Å². The number of aliphatic imine (C=N–C) groups is 1. The molecule has 2 bridgehead atoms. The molecule has 3 aliphatic rings. The number of aliphatic hydroxyl groups excluding tert-OH is 1. The Balaban J connectivity index is 1.64. The number of likely N-dealkylation sites (N-methyl/N-ethyl adjacent to an activating group) is 1. The molecule has 2 aromatic rings. The second-order valence-corrected chi connectivity index (χ2v) is 18.5. The molecule has 2 aromatic heterocycles. The molecular formula is C44H64N4O11S. The van der Waals surface area contributed by atoms with Gasteiger partial charge in [-0.25, -0.2) is 4.99 Å². The number of aromatic nitrogens is 1. The van der Waals surface area contributed by atoms with E-state index in [-0.39, 0.29) is 44.8 Å². The quantitative estimate of drug-likeness (QED) is 0.200. The first-order chi connectivity index (χ1) is 28.3. The van der Waals surface area contributed by atoms with Gasteiger partial charge in [-0.1, -0.05) is 38.9 Å². The molecule has 1 amide bonds. The smallest absolute Gasteiger partial charge is 0.316 e. The predicted octanol–water partition coefficient (Wildman–Crippen LogP) is 5.25. The van der Waals surface area contributed by atoms with Gasteiger partial charge in [-0.2, -0.15) is 0 Å². The number of fused-ring (bicyclic) bond motifs is 5. The van der Waals surface area contributed by atoms with Gasteiger partial charge in [0.25, 0.3) is 0 Å². The Morgan fingerprint density at radius 1 is 1.07 bits per heavy atom. The molecule has 2 N–H and O–H groups in total. The van der Waals surface area contributed by atoms with Crippen LogP contribution in [0.4, 0.5) is 0 Å². The van der Waals surface area contributed by atoms with E-state index in [2.05, 4.69) is 15.1 Å². The number of rotatable bonds is 8. The number of carbonyl (C=O) groups is 3. The molecule has 15 nitrogen and oxygen atoms in total. The summed E-state index contributed by atoms with van der Waals surface area (Å²) in [7, 11) is 3.74.